The molecule has 1 rings (SSSR count). The summed E-state index contributed by atoms with van der Waals surface area (Å²) in [7, 11) is 0. The van der Waals surface area contributed by atoms with Crippen molar-refractivity contribution in [3.8, 4) is 0 Å². The Hall–Kier alpha value is -1.79. The first-order chi connectivity index (χ1) is 9.24. The highest BCUT2D eigenvalue weighted by Gasteiger charge is 2.40. The molecule has 1 aliphatic rings. The molecule has 0 aromatic rings. The summed E-state index contributed by atoms with van der Waals surface area (Å²) >= 11 is 0. The molecule has 0 bridgehead atoms. The van der Waals surface area contributed by atoms with Crippen LogP contribution >= 0.6 is 0 Å². The fourth-order valence-electron chi connectivity index (χ4n) is 2.19. The Labute approximate surface area is 118 Å². The normalized spacial score (nSPS) is 17.8. The minimum absolute atomic E-state index is 0.000189. The zero-order valence-electron chi connectivity index (χ0n) is 12.2. The van der Waals surface area contributed by atoms with Crippen molar-refractivity contribution in [2.75, 3.05) is 0 Å². The molecule has 7 nitrogen and oxygen atoms in total. The summed E-state index contributed by atoms with van der Waals surface area (Å²) in [5.74, 6) is -1.20. The van der Waals surface area contributed by atoms with E-state index >= 15 is 0 Å². The first-order valence-electron chi connectivity index (χ1n) is 6.85. The molecule has 1 aliphatic carbocycles. The van der Waals surface area contributed by atoms with Crippen LogP contribution in [0.1, 0.15) is 46.5 Å². The fraction of sp³-hybridized carbons (Fsp3) is 0.769. The van der Waals surface area contributed by atoms with Crippen LogP contribution in [0.5, 0.6) is 0 Å². The predicted molar refractivity (Wildman–Crippen MR) is 73.2 cm³/mol. The van der Waals surface area contributed by atoms with Crippen LogP contribution in [0.25, 0.3) is 0 Å². The van der Waals surface area contributed by atoms with E-state index in [0.29, 0.717) is 12.8 Å². The third kappa shape index (κ3) is 4.71. The minimum Gasteiger partial charge on any atom is -0.481 e. The van der Waals surface area contributed by atoms with Gasteiger partial charge in [0.25, 0.3) is 0 Å². The van der Waals surface area contributed by atoms with Gasteiger partial charge in [0, 0.05) is 6.04 Å². The maximum atomic E-state index is 11.8. The summed E-state index contributed by atoms with van der Waals surface area (Å²) in [6, 6.07) is -1.17. The Kier molecular flexibility index (Phi) is 5.35. The molecule has 114 valence electrons. The van der Waals surface area contributed by atoms with E-state index in [9.17, 15) is 14.4 Å². The zero-order chi connectivity index (χ0) is 15.3. The van der Waals surface area contributed by atoms with Gasteiger partial charge in [-0.15, -0.1) is 0 Å². The Bertz CT molecular complexity index is 391. The van der Waals surface area contributed by atoms with Crippen LogP contribution in [0.15, 0.2) is 0 Å². The number of hydrogen-bond acceptors (Lipinski definition) is 3. The second-order valence-electron chi connectivity index (χ2n) is 5.69. The van der Waals surface area contributed by atoms with Crippen molar-refractivity contribution < 1.29 is 19.5 Å². The van der Waals surface area contributed by atoms with Crippen molar-refractivity contribution in [2.45, 2.75) is 64.1 Å². The van der Waals surface area contributed by atoms with E-state index in [1.54, 1.807) is 6.92 Å². The van der Waals surface area contributed by atoms with Gasteiger partial charge in [0.15, 0.2) is 0 Å². The van der Waals surface area contributed by atoms with Gasteiger partial charge in [0.05, 0.1) is 12.0 Å². The van der Waals surface area contributed by atoms with Crippen LogP contribution in [0, 0.1) is 0 Å². The van der Waals surface area contributed by atoms with Gasteiger partial charge in [-0.05, 0) is 40.0 Å². The smallest absolute Gasteiger partial charge is 0.315 e. The number of aliphatic carboxylic acids is 1. The number of hydrogen-bond donors (Lipinski definition) is 4. The van der Waals surface area contributed by atoms with E-state index in [4.69, 9.17) is 5.11 Å². The van der Waals surface area contributed by atoms with Gasteiger partial charge in [-0.25, -0.2) is 4.79 Å². The summed E-state index contributed by atoms with van der Waals surface area (Å²) < 4.78 is 0. The van der Waals surface area contributed by atoms with Gasteiger partial charge in [-0.2, -0.15) is 0 Å². The second kappa shape index (κ2) is 6.58. The minimum atomic E-state index is -0.935. The second-order valence-corrected chi connectivity index (χ2v) is 5.69. The summed E-state index contributed by atoms with van der Waals surface area (Å²) in [6.45, 7) is 5.25. The number of carbonyl (C=O) groups is 3. The first kappa shape index (κ1) is 16.3. The third-order valence-electron chi connectivity index (χ3n) is 3.35. The molecule has 1 fully saturated rings. The van der Waals surface area contributed by atoms with Crippen molar-refractivity contribution in [3.05, 3.63) is 0 Å². The van der Waals surface area contributed by atoms with E-state index in [1.165, 1.54) is 0 Å². The zero-order valence-corrected chi connectivity index (χ0v) is 12.2. The first-order valence-corrected chi connectivity index (χ1v) is 6.85. The van der Waals surface area contributed by atoms with Crippen molar-refractivity contribution in [1.82, 2.24) is 16.0 Å². The topological polar surface area (TPSA) is 108 Å². The van der Waals surface area contributed by atoms with Crippen LogP contribution in [-0.4, -0.2) is 40.6 Å². The van der Waals surface area contributed by atoms with Gasteiger partial charge in [-0.3, -0.25) is 9.59 Å². The third-order valence-corrected chi connectivity index (χ3v) is 3.35. The molecule has 1 unspecified atom stereocenters. The Morgan fingerprint density at radius 1 is 1.15 bits per heavy atom. The van der Waals surface area contributed by atoms with Crippen molar-refractivity contribution in [3.63, 3.8) is 0 Å². The lowest BCUT2D eigenvalue weighted by Gasteiger charge is -2.41. The lowest BCUT2D eigenvalue weighted by molar-refractivity contribution is -0.139. The molecule has 0 saturated heterocycles. The molecule has 0 radical (unpaired) electrons. The Balaban J connectivity index is 2.46. The van der Waals surface area contributed by atoms with Gasteiger partial charge >= 0.3 is 12.0 Å². The number of carboxylic acids is 1. The maximum absolute atomic E-state index is 11.8. The monoisotopic (exact) mass is 285 g/mol. The van der Waals surface area contributed by atoms with Crippen molar-refractivity contribution in [2.24, 2.45) is 0 Å². The molecule has 0 aliphatic heterocycles. The quantitative estimate of drug-likeness (QED) is 0.573. The van der Waals surface area contributed by atoms with E-state index in [0.717, 1.165) is 6.42 Å². The average Bonchev–Trinajstić information content (AvgIpc) is 2.24. The van der Waals surface area contributed by atoms with Gasteiger partial charge in [0.2, 0.25) is 5.91 Å². The number of carbonyl (C=O) groups excluding carboxylic acids is 2. The van der Waals surface area contributed by atoms with Gasteiger partial charge < -0.3 is 21.1 Å². The molecule has 1 saturated carbocycles. The molecular weight excluding hydrogens is 262 g/mol. The highest BCUT2D eigenvalue weighted by molar-refractivity contribution is 5.87. The van der Waals surface area contributed by atoms with E-state index in [2.05, 4.69) is 16.0 Å². The van der Waals surface area contributed by atoms with Gasteiger partial charge in [-0.1, -0.05) is 0 Å². The number of amides is 3. The van der Waals surface area contributed by atoms with Gasteiger partial charge in [0.1, 0.15) is 6.04 Å². The lowest BCUT2D eigenvalue weighted by atomic mass is 9.74. The number of rotatable bonds is 6. The van der Waals surface area contributed by atoms with E-state index in [1.807, 2.05) is 13.8 Å². The molecule has 1 atom stereocenters. The molecule has 20 heavy (non-hydrogen) atoms. The summed E-state index contributed by atoms with van der Waals surface area (Å²) in [5, 5.41) is 16.8. The largest absolute Gasteiger partial charge is 0.481 e. The highest BCUT2D eigenvalue weighted by atomic mass is 16.4. The molecular formula is C13H23N3O4. The number of carboxylic acid groups (broad SMARTS) is 1. The maximum Gasteiger partial charge on any atom is 0.315 e. The van der Waals surface area contributed by atoms with Crippen LogP contribution in [0.3, 0.4) is 0 Å². The van der Waals surface area contributed by atoms with Crippen LogP contribution in [0.2, 0.25) is 0 Å². The molecule has 0 aromatic heterocycles. The Morgan fingerprint density at radius 3 is 2.15 bits per heavy atom. The number of nitrogens with one attached hydrogen (secondary N) is 3. The number of urea groups is 1. The predicted octanol–water partition coefficient (Wildman–Crippen LogP) is 0.596. The van der Waals surface area contributed by atoms with E-state index < -0.39 is 23.6 Å². The molecule has 0 aromatic carbocycles. The molecule has 0 spiro atoms. The SMILES string of the molecule is CC(C)NC(=O)C(C)NC(=O)NC1(CC(=O)O)CCC1. The van der Waals surface area contributed by atoms with E-state index in [-0.39, 0.29) is 18.4 Å². The summed E-state index contributed by atoms with van der Waals surface area (Å²) in [4.78, 5) is 34.3. The van der Waals surface area contributed by atoms with Crippen molar-refractivity contribution >= 4 is 17.9 Å². The fourth-order valence-corrected chi connectivity index (χ4v) is 2.19. The summed E-state index contributed by atoms with van der Waals surface area (Å²) in [5.41, 5.74) is -0.663. The standard InChI is InChI=1S/C13H23N3O4/c1-8(2)14-11(19)9(3)15-12(20)16-13(5-4-6-13)7-10(17)18/h8-9H,4-7H2,1-3H3,(H,14,19)(H,17,18)(H2,15,16,20). The molecule has 3 amide bonds. The molecule has 0 heterocycles. The van der Waals surface area contributed by atoms with Crippen LogP contribution in [-0.2, 0) is 9.59 Å². The highest BCUT2D eigenvalue weighted by Crippen LogP contribution is 2.34. The summed E-state index contributed by atoms with van der Waals surface area (Å²) in [6.07, 6.45) is 2.11. The average molecular weight is 285 g/mol. The van der Waals surface area contributed by atoms with Crippen LogP contribution < -0.4 is 16.0 Å². The Morgan fingerprint density at radius 2 is 1.75 bits per heavy atom. The lowest BCUT2D eigenvalue weighted by Crippen LogP contribution is -2.59. The molecule has 4 N–H and O–H groups in total. The van der Waals surface area contributed by atoms with Crippen LogP contribution in [0.4, 0.5) is 4.79 Å². The molecule has 7 heteroatoms. The van der Waals surface area contributed by atoms with Crippen molar-refractivity contribution in [1.29, 1.82) is 0 Å².